The van der Waals surface area contributed by atoms with Gasteiger partial charge in [0, 0.05) is 10.8 Å². The van der Waals surface area contributed by atoms with E-state index in [2.05, 4.69) is 15.5 Å². The summed E-state index contributed by atoms with van der Waals surface area (Å²) in [5.74, 6) is 1.88. The first-order valence-corrected chi connectivity index (χ1v) is 11.2. The molecule has 1 heterocycles. The third-order valence-electron chi connectivity index (χ3n) is 3.27. The van der Waals surface area contributed by atoms with Crippen molar-refractivity contribution in [1.82, 2.24) is 15.5 Å². The number of hydrogen-bond donors (Lipinski definition) is 1. The molecule has 0 unspecified atom stereocenters. The number of thioether (sulfide) groups is 2. The van der Waals surface area contributed by atoms with Crippen LogP contribution in [0.4, 0.5) is 4.79 Å². The molecule has 0 radical (unpaired) electrons. The number of rotatable bonds is 8. The fraction of sp³-hybridized carbons (Fsp3) is 0.500. The lowest BCUT2D eigenvalue weighted by molar-refractivity contribution is 0.0493. The number of amides is 1. The van der Waals surface area contributed by atoms with Gasteiger partial charge in [0.1, 0.15) is 11.6 Å². The zero-order valence-electron chi connectivity index (χ0n) is 15.8. The Bertz CT molecular complexity index is 749. The molecule has 27 heavy (non-hydrogen) atoms. The second-order valence-corrected chi connectivity index (χ2v) is 9.15. The third kappa shape index (κ3) is 8.02. The number of halogens is 1. The fourth-order valence-corrected chi connectivity index (χ4v) is 3.53. The molecule has 0 spiro atoms. The van der Waals surface area contributed by atoms with Gasteiger partial charge in [-0.15, -0.1) is 10.2 Å². The van der Waals surface area contributed by atoms with Gasteiger partial charge >= 0.3 is 6.09 Å². The molecule has 148 valence electrons. The van der Waals surface area contributed by atoms with Crippen LogP contribution in [0.2, 0.25) is 5.02 Å². The van der Waals surface area contributed by atoms with Gasteiger partial charge in [0.2, 0.25) is 5.89 Å². The summed E-state index contributed by atoms with van der Waals surface area (Å²) in [6.07, 6.45) is 2.17. The third-order valence-corrected chi connectivity index (χ3v) is 5.04. The molecule has 0 bridgehead atoms. The first kappa shape index (κ1) is 21.9. The van der Waals surface area contributed by atoms with Gasteiger partial charge in [-0.3, -0.25) is 0 Å². The van der Waals surface area contributed by atoms with Gasteiger partial charge in [-0.25, -0.2) is 4.79 Å². The molecule has 0 aliphatic rings. The lowest BCUT2D eigenvalue weighted by Gasteiger charge is -2.22. The molecule has 1 amide bonds. The smallest absolute Gasteiger partial charge is 0.408 e. The van der Waals surface area contributed by atoms with Crippen molar-refractivity contribution in [2.75, 3.05) is 12.0 Å². The van der Waals surface area contributed by atoms with Gasteiger partial charge in [0.25, 0.3) is 5.22 Å². The number of aromatic nitrogens is 2. The minimum Gasteiger partial charge on any atom is -0.444 e. The van der Waals surface area contributed by atoms with Crippen LogP contribution >= 0.6 is 35.1 Å². The summed E-state index contributed by atoms with van der Waals surface area (Å²) >= 11 is 9.11. The average Bonchev–Trinajstić information content (AvgIpc) is 3.04. The largest absolute Gasteiger partial charge is 0.444 e. The molecule has 1 aromatic heterocycles. The normalized spacial score (nSPS) is 12.6. The molecule has 0 aliphatic carbocycles. The zero-order chi connectivity index (χ0) is 19.9. The summed E-state index contributed by atoms with van der Waals surface area (Å²) in [5.41, 5.74) is 0.499. The molecular weight excluding hydrogens is 406 g/mol. The van der Waals surface area contributed by atoms with E-state index in [1.54, 1.807) is 11.8 Å². The van der Waals surface area contributed by atoms with Gasteiger partial charge in [-0.05, 0) is 56.9 Å². The van der Waals surface area contributed by atoms with Crippen molar-refractivity contribution in [3.05, 3.63) is 40.7 Å². The van der Waals surface area contributed by atoms with Gasteiger partial charge < -0.3 is 14.5 Å². The maximum atomic E-state index is 12.1. The first-order valence-electron chi connectivity index (χ1n) is 8.46. The Morgan fingerprint density at radius 1 is 1.37 bits per heavy atom. The van der Waals surface area contributed by atoms with Crippen LogP contribution in [0.3, 0.4) is 0 Å². The number of benzene rings is 1. The second-order valence-electron chi connectivity index (χ2n) is 6.81. The molecular formula is C18H24ClN3O3S2. The van der Waals surface area contributed by atoms with Crippen molar-refractivity contribution in [1.29, 1.82) is 0 Å². The lowest BCUT2D eigenvalue weighted by Crippen LogP contribution is -2.35. The highest BCUT2D eigenvalue weighted by molar-refractivity contribution is 7.98. The molecule has 0 aliphatic heterocycles. The van der Waals surface area contributed by atoms with Crippen molar-refractivity contribution in [3.63, 3.8) is 0 Å². The molecule has 9 heteroatoms. The van der Waals surface area contributed by atoms with Crippen molar-refractivity contribution >= 4 is 41.2 Å². The molecule has 0 saturated heterocycles. The highest BCUT2D eigenvalue weighted by Crippen LogP contribution is 2.26. The molecule has 1 aromatic carbocycles. The number of nitrogens with one attached hydrogen (secondary N) is 1. The minimum absolute atomic E-state index is 0.378. The molecule has 2 aromatic rings. The predicted octanol–water partition coefficient (Wildman–Crippen LogP) is 5.33. The zero-order valence-corrected chi connectivity index (χ0v) is 18.2. The monoisotopic (exact) mass is 429 g/mol. The van der Waals surface area contributed by atoms with E-state index in [0.717, 1.165) is 11.3 Å². The van der Waals surface area contributed by atoms with E-state index in [9.17, 15) is 4.79 Å². The maximum absolute atomic E-state index is 12.1. The van der Waals surface area contributed by atoms with Crippen molar-refractivity contribution in [2.45, 2.75) is 49.8 Å². The van der Waals surface area contributed by atoms with Crippen molar-refractivity contribution in [2.24, 2.45) is 0 Å². The molecule has 0 fully saturated rings. The molecule has 1 N–H and O–H groups in total. The predicted molar refractivity (Wildman–Crippen MR) is 110 cm³/mol. The van der Waals surface area contributed by atoms with Gasteiger partial charge in [-0.2, -0.15) is 11.8 Å². The molecule has 2 rings (SSSR count). The second kappa shape index (κ2) is 10.2. The Morgan fingerprint density at radius 3 is 2.81 bits per heavy atom. The number of carbonyl (C=O) groups excluding carboxylic acids is 1. The Hall–Kier alpha value is -1.38. The van der Waals surface area contributed by atoms with Crippen molar-refractivity contribution < 1.29 is 13.9 Å². The summed E-state index contributed by atoms with van der Waals surface area (Å²) in [6.45, 7) is 5.46. The lowest BCUT2D eigenvalue weighted by atomic mass is 10.2. The van der Waals surface area contributed by atoms with E-state index in [1.807, 2.05) is 51.3 Å². The van der Waals surface area contributed by atoms with Crippen LogP contribution in [0.25, 0.3) is 0 Å². The highest BCUT2D eigenvalue weighted by Gasteiger charge is 2.24. The van der Waals surface area contributed by atoms with E-state index in [0.29, 0.717) is 28.3 Å². The van der Waals surface area contributed by atoms with Crippen LogP contribution in [0.5, 0.6) is 0 Å². The van der Waals surface area contributed by atoms with Gasteiger partial charge in [0.15, 0.2) is 0 Å². The Kier molecular flexibility index (Phi) is 8.31. The number of alkyl carbamates (subject to hydrolysis) is 1. The summed E-state index contributed by atoms with van der Waals surface area (Å²) in [7, 11) is 0. The van der Waals surface area contributed by atoms with Crippen LogP contribution in [0.15, 0.2) is 33.9 Å². The molecule has 1 atom stereocenters. The number of carbonyl (C=O) groups is 1. The quantitative estimate of drug-likeness (QED) is 0.568. The maximum Gasteiger partial charge on any atom is 0.408 e. The summed E-state index contributed by atoms with van der Waals surface area (Å²) < 4.78 is 11.1. The van der Waals surface area contributed by atoms with Gasteiger partial charge in [-0.1, -0.05) is 35.5 Å². The van der Waals surface area contributed by atoms with Crippen LogP contribution in [-0.2, 0) is 10.5 Å². The molecule has 0 saturated carbocycles. The van der Waals surface area contributed by atoms with E-state index in [1.165, 1.54) is 11.8 Å². The first-order chi connectivity index (χ1) is 12.8. The minimum atomic E-state index is -0.569. The molecule has 6 nitrogen and oxygen atoms in total. The van der Waals surface area contributed by atoms with Crippen molar-refractivity contribution in [3.8, 4) is 0 Å². The Morgan fingerprint density at radius 2 is 2.15 bits per heavy atom. The van der Waals surface area contributed by atoms with E-state index < -0.39 is 11.7 Å². The summed E-state index contributed by atoms with van der Waals surface area (Å²) in [4.78, 5) is 12.1. The number of nitrogens with zero attached hydrogens (tertiary/aromatic N) is 2. The SMILES string of the molecule is CSCC[C@H](NC(=O)OC(C)(C)C)c1nnc(SCc2cccc(Cl)c2)o1. The number of hydrogen-bond acceptors (Lipinski definition) is 7. The summed E-state index contributed by atoms with van der Waals surface area (Å²) in [6, 6.07) is 7.23. The standard InChI is InChI=1S/C18H24ClN3O3S2/c1-18(2,3)25-16(23)20-14(8-9-26-4)15-21-22-17(24-15)27-11-12-6-5-7-13(19)10-12/h5-7,10,14H,8-9,11H2,1-4H3,(H,20,23)/t14-/m0/s1. The topological polar surface area (TPSA) is 77.2 Å². The Labute approximate surface area is 173 Å². The highest BCUT2D eigenvalue weighted by atomic mass is 35.5. The van der Waals surface area contributed by atoms with E-state index in [-0.39, 0.29) is 6.04 Å². The Balaban J connectivity index is 2.00. The van der Waals surface area contributed by atoms with Gasteiger partial charge in [0.05, 0.1) is 0 Å². The van der Waals surface area contributed by atoms with E-state index in [4.69, 9.17) is 20.8 Å². The van der Waals surface area contributed by atoms with Crippen LogP contribution in [0.1, 0.15) is 44.7 Å². The fourth-order valence-electron chi connectivity index (χ4n) is 2.13. The van der Waals surface area contributed by atoms with Crippen LogP contribution < -0.4 is 5.32 Å². The average molecular weight is 430 g/mol. The summed E-state index contributed by atoms with van der Waals surface area (Å²) in [5, 5.41) is 12.1. The number of ether oxygens (including phenoxy) is 1. The van der Waals surface area contributed by atoms with Crippen LogP contribution in [-0.4, -0.2) is 33.9 Å². The van der Waals surface area contributed by atoms with E-state index >= 15 is 0 Å². The van der Waals surface area contributed by atoms with Crippen LogP contribution in [0, 0.1) is 0 Å².